The van der Waals surface area contributed by atoms with E-state index in [4.69, 9.17) is 0 Å². The van der Waals surface area contributed by atoms with Gasteiger partial charge in [0, 0.05) is 0 Å². The minimum absolute atomic E-state index is 0.0777. The lowest BCUT2D eigenvalue weighted by atomic mass is 10.1. The first-order valence-electron chi connectivity index (χ1n) is 7.19. The third kappa shape index (κ3) is 3.97. The molecule has 0 aliphatic carbocycles. The summed E-state index contributed by atoms with van der Waals surface area (Å²) in [6, 6.07) is 10.2. The monoisotopic (exact) mass is 363 g/mol. The van der Waals surface area contributed by atoms with Gasteiger partial charge in [-0.25, -0.2) is 18.0 Å². The Morgan fingerprint density at radius 3 is 2.16 bits per heavy atom. The van der Waals surface area contributed by atoms with Crippen molar-refractivity contribution in [3.63, 3.8) is 0 Å². The zero-order valence-electron chi connectivity index (χ0n) is 13.9. The van der Waals surface area contributed by atoms with Gasteiger partial charge in [0.1, 0.15) is 0 Å². The molecule has 0 heterocycles. The van der Waals surface area contributed by atoms with Crippen LogP contribution < -0.4 is 4.72 Å². The molecule has 0 atom stereocenters. The van der Waals surface area contributed by atoms with E-state index < -0.39 is 22.0 Å². The Bertz CT molecular complexity index is 920. The predicted molar refractivity (Wildman–Crippen MR) is 91.1 cm³/mol. The van der Waals surface area contributed by atoms with Crippen molar-refractivity contribution in [3.8, 4) is 0 Å². The second kappa shape index (κ2) is 7.35. The predicted octanol–water partition coefficient (Wildman–Crippen LogP) is 2.37. The van der Waals surface area contributed by atoms with Crippen LogP contribution in [0.1, 0.15) is 26.3 Å². The fourth-order valence-electron chi connectivity index (χ4n) is 2.16. The van der Waals surface area contributed by atoms with Crippen LogP contribution in [0.2, 0.25) is 0 Å². The van der Waals surface area contributed by atoms with Crippen LogP contribution in [-0.2, 0) is 19.5 Å². The molecule has 0 aliphatic rings. The molecule has 8 heteroatoms. The van der Waals surface area contributed by atoms with E-state index >= 15 is 0 Å². The first-order chi connectivity index (χ1) is 11.8. The van der Waals surface area contributed by atoms with Gasteiger partial charge in [0.2, 0.25) is 0 Å². The normalized spacial score (nSPS) is 10.8. The van der Waals surface area contributed by atoms with Crippen molar-refractivity contribution in [1.82, 2.24) is 0 Å². The molecule has 2 rings (SSSR count). The number of hydrogen-bond donors (Lipinski definition) is 1. The maximum absolute atomic E-state index is 12.6. The molecule has 0 amide bonds. The quantitative estimate of drug-likeness (QED) is 0.819. The Hall–Kier alpha value is -2.87. The molecule has 0 aliphatic heterocycles. The molecule has 0 unspecified atom stereocenters. The van der Waals surface area contributed by atoms with Crippen LogP contribution in [0.3, 0.4) is 0 Å². The third-order valence-corrected chi connectivity index (χ3v) is 4.86. The summed E-state index contributed by atoms with van der Waals surface area (Å²) in [7, 11) is -1.60. The molecule has 0 aromatic heterocycles. The van der Waals surface area contributed by atoms with Crippen molar-refractivity contribution in [1.29, 1.82) is 0 Å². The van der Waals surface area contributed by atoms with Crippen molar-refractivity contribution in [3.05, 3.63) is 59.2 Å². The molecule has 2 aromatic rings. The first-order valence-corrected chi connectivity index (χ1v) is 8.67. The van der Waals surface area contributed by atoms with E-state index in [1.165, 1.54) is 44.6 Å². The molecule has 0 bridgehead atoms. The van der Waals surface area contributed by atoms with E-state index in [1.54, 1.807) is 19.1 Å². The molecule has 0 saturated heterocycles. The smallest absolute Gasteiger partial charge is 0.339 e. The number of methoxy groups -OCH3 is 2. The van der Waals surface area contributed by atoms with Gasteiger partial charge >= 0.3 is 11.9 Å². The summed E-state index contributed by atoms with van der Waals surface area (Å²) in [5.74, 6) is -1.30. The Kier molecular flexibility index (Phi) is 5.43. The van der Waals surface area contributed by atoms with Crippen molar-refractivity contribution < 1.29 is 27.5 Å². The maximum atomic E-state index is 12.6. The van der Waals surface area contributed by atoms with E-state index in [2.05, 4.69) is 14.2 Å². The van der Waals surface area contributed by atoms with Gasteiger partial charge < -0.3 is 9.47 Å². The lowest BCUT2D eigenvalue weighted by molar-refractivity contribution is 0.0591. The second-order valence-corrected chi connectivity index (χ2v) is 6.79. The molecular formula is C17H17NO6S. The van der Waals surface area contributed by atoms with Crippen LogP contribution in [-0.4, -0.2) is 34.6 Å². The second-order valence-electron chi connectivity index (χ2n) is 5.11. The average molecular weight is 363 g/mol. The van der Waals surface area contributed by atoms with E-state index in [9.17, 15) is 18.0 Å². The Balaban J connectivity index is 2.45. The topological polar surface area (TPSA) is 98.8 Å². The Labute approximate surface area is 145 Å². The summed E-state index contributed by atoms with van der Waals surface area (Å²) >= 11 is 0. The van der Waals surface area contributed by atoms with Crippen LogP contribution in [0, 0.1) is 6.92 Å². The summed E-state index contributed by atoms with van der Waals surface area (Å²) in [6.07, 6.45) is 0. The fourth-order valence-corrected chi connectivity index (χ4v) is 3.27. The zero-order valence-corrected chi connectivity index (χ0v) is 14.7. The number of esters is 2. The van der Waals surface area contributed by atoms with Gasteiger partial charge in [-0.1, -0.05) is 18.2 Å². The summed E-state index contributed by atoms with van der Waals surface area (Å²) < 4.78 is 36.9. The van der Waals surface area contributed by atoms with Crippen LogP contribution in [0.15, 0.2) is 47.4 Å². The summed E-state index contributed by atoms with van der Waals surface area (Å²) in [5, 5.41) is 0. The summed E-state index contributed by atoms with van der Waals surface area (Å²) in [5.41, 5.74) is 0.885. The van der Waals surface area contributed by atoms with Gasteiger partial charge in [-0.15, -0.1) is 0 Å². The highest BCUT2D eigenvalue weighted by molar-refractivity contribution is 7.92. The van der Waals surface area contributed by atoms with Gasteiger partial charge in [0.25, 0.3) is 10.0 Å². The lowest BCUT2D eigenvalue weighted by Crippen LogP contribution is -2.17. The van der Waals surface area contributed by atoms with Gasteiger partial charge in [0.05, 0.1) is 35.9 Å². The minimum atomic E-state index is -4.02. The van der Waals surface area contributed by atoms with Crippen LogP contribution in [0.5, 0.6) is 0 Å². The van der Waals surface area contributed by atoms with E-state index in [0.717, 1.165) is 0 Å². The number of ether oxygens (including phenoxy) is 2. The van der Waals surface area contributed by atoms with E-state index in [0.29, 0.717) is 5.56 Å². The fraction of sp³-hybridized carbons (Fsp3) is 0.176. The lowest BCUT2D eigenvalue weighted by Gasteiger charge is -2.12. The van der Waals surface area contributed by atoms with Crippen molar-refractivity contribution >= 4 is 27.6 Å². The number of sulfonamides is 1. The molecule has 0 saturated carbocycles. The Morgan fingerprint density at radius 2 is 1.52 bits per heavy atom. The summed E-state index contributed by atoms with van der Waals surface area (Å²) in [6.45, 7) is 1.67. The number of benzene rings is 2. The van der Waals surface area contributed by atoms with Crippen molar-refractivity contribution in [2.45, 2.75) is 11.8 Å². The SMILES string of the molecule is COC(=O)c1cc(S(=O)(=O)Nc2ccccc2C(=O)OC)ccc1C. The van der Waals surface area contributed by atoms with Gasteiger partial charge in [-0.2, -0.15) is 0 Å². The van der Waals surface area contributed by atoms with Gasteiger partial charge in [-0.05, 0) is 36.8 Å². The third-order valence-electron chi connectivity index (χ3n) is 3.50. The average Bonchev–Trinajstić information content (AvgIpc) is 2.60. The number of carbonyl (C=O) groups excluding carboxylic acids is 2. The number of anilines is 1. The number of carbonyl (C=O) groups is 2. The van der Waals surface area contributed by atoms with Gasteiger partial charge in [0.15, 0.2) is 0 Å². The maximum Gasteiger partial charge on any atom is 0.339 e. The Morgan fingerprint density at radius 1 is 0.920 bits per heavy atom. The van der Waals surface area contributed by atoms with E-state index in [-0.39, 0.29) is 21.7 Å². The minimum Gasteiger partial charge on any atom is -0.465 e. The number of aryl methyl sites for hydroxylation is 1. The zero-order chi connectivity index (χ0) is 18.6. The number of nitrogens with one attached hydrogen (secondary N) is 1. The molecule has 25 heavy (non-hydrogen) atoms. The molecule has 132 valence electrons. The highest BCUT2D eigenvalue weighted by Crippen LogP contribution is 2.22. The molecular weight excluding hydrogens is 346 g/mol. The largest absolute Gasteiger partial charge is 0.465 e. The molecule has 7 nitrogen and oxygen atoms in total. The molecule has 0 spiro atoms. The van der Waals surface area contributed by atoms with Gasteiger partial charge in [-0.3, -0.25) is 4.72 Å². The highest BCUT2D eigenvalue weighted by Gasteiger charge is 2.21. The molecule has 0 radical (unpaired) electrons. The van der Waals surface area contributed by atoms with Crippen molar-refractivity contribution in [2.24, 2.45) is 0 Å². The van der Waals surface area contributed by atoms with E-state index in [1.807, 2.05) is 0 Å². The molecule has 2 aromatic carbocycles. The molecule has 1 N–H and O–H groups in total. The number of para-hydroxylation sites is 1. The van der Waals surface area contributed by atoms with Crippen LogP contribution in [0.25, 0.3) is 0 Å². The standard InChI is InChI=1S/C17H17NO6S/c1-11-8-9-12(10-14(11)17(20)24-3)25(21,22)18-15-7-5-4-6-13(15)16(19)23-2/h4-10,18H,1-3H3. The first kappa shape index (κ1) is 18.5. The highest BCUT2D eigenvalue weighted by atomic mass is 32.2. The summed E-state index contributed by atoms with van der Waals surface area (Å²) in [4.78, 5) is 23.4. The molecule has 0 fully saturated rings. The van der Waals surface area contributed by atoms with Crippen LogP contribution in [0.4, 0.5) is 5.69 Å². The van der Waals surface area contributed by atoms with Crippen molar-refractivity contribution in [2.75, 3.05) is 18.9 Å². The number of hydrogen-bond acceptors (Lipinski definition) is 6. The van der Waals surface area contributed by atoms with Crippen LogP contribution >= 0.6 is 0 Å². The number of rotatable bonds is 5.